The van der Waals surface area contributed by atoms with Crippen LogP contribution in [0.25, 0.3) is 11.3 Å². The van der Waals surface area contributed by atoms with Gasteiger partial charge in [-0.05, 0) is 50.0 Å². The fourth-order valence-electron chi connectivity index (χ4n) is 3.88. The van der Waals surface area contributed by atoms with Gasteiger partial charge in [0.2, 0.25) is 0 Å². The lowest BCUT2D eigenvalue weighted by Crippen LogP contribution is -2.35. The second-order valence-corrected chi connectivity index (χ2v) is 7.63. The standard InChI is InChI=1S/C24H26FN3O2/c25-21-12-5-4-11-20(21)23-18-22(26-30-23)24(29)28-15-7-14-27(16-17-28)13-6-10-19-8-2-1-3-9-19/h1-5,8-9,11-12,18H,6-7,10,13-17H2. The second kappa shape index (κ2) is 9.67. The highest BCUT2D eigenvalue weighted by atomic mass is 19.1. The minimum Gasteiger partial charge on any atom is -0.355 e. The van der Waals surface area contributed by atoms with Crippen molar-refractivity contribution in [3.63, 3.8) is 0 Å². The first-order valence-electron chi connectivity index (χ1n) is 10.5. The van der Waals surface area contributed by atoms with Crippen LogP contribution in [0.5, 0.6) is 0 Å². The van der Waals surface area contributed by atoms with E-state index in [2.05, 4.69) is 34.3 Å². The summed E-state index contributed by atoms with van der Waals surface area (Å²) >= 11 is 0. The number of aryl methyl sites for hydroxylation is 1. The summed E-state index contributed by atoms with van der Waals surface area (Å²) in [6, 6.07) is 18.4. The average molecular weight is 407 g/mol. The topological polar surface area (TPSA) is 49.6 Å². The van der Waals surface area contributed by atoms with E-state index in [4.69, 9.17) is 4.52 Å². The molecule has 0 unspecified atom stereocenters. The summed E-state index contributed by atoms with van der Waals surface area (Å²) in [6.45, 7) is 4.21. The van der Waals surface area contributed by atoms with E-state index in [9.17, 15) is 9.18 Å². The van der Waals surface area contributed by atoms with Gasteiger partial charge in [-0.2, -0.15) is 0 Å². The van der Waals surface area contributed by atoms with E-state index in [0.717, 1.165) is 38.9 Å². The maximum atomic E-state index is 14.0. The Hall–Kier alpha value is -2.99. The number of carbonyl (C=O) groups excluding carboxylic acids is 1. The second-order valence-electron chi connectivity index (χ2n) is 7.63. The number of amides is 1. The van der Waals surface area contributed by atoms with Crippen LogP contribution in [-0.4, -0.2) is 53.6 Å². The van der Waals surface area contributed by atoms with Gasteiger partial charge in [0.05, 0.1) is 5.56 Å². The van der Waals surface area contributed by atoms with Crippen molar-refractivity contribution in [2.75, 3.05) is 32.7 Å². The molecule has 2 aromatic carbocycles. The quantitative estimate of drug-likeness (QED) is 0.613. The monoisotopic (exact) mass is 407 g/mol. The Bertz CT molecular complexity index is 973. The Morgan fingerprint density at radius 3 is 2.63 bits per heavy atom. The largest absolute Gasteiger partial charge is 0.355 e. The van der Waals surface area contributed by atoms with Crippen LogP contribution >= 0.6 is 0 Å². The predicted molar refractivity (Wildman–Crippen MR) is 114 cm³/mol. The van der Waals surface area contributed by atoms with E-state index in [0.29, 0.717) is 18.7 Å². The molecule has 3 aromatic rings. The SMILES string of the molecule is O=C(c1cc(-c2ccccc2F)on1)N1CCCN(CCCc2ccccc2)CC1. The van der Waals surface area contributed by atoms with Gasteiger partial charge in [0.25, 0.3) is 5.91 Å². The highest BCUT2D eigenvalue weighted by molar-refractivity contribution is 5.93. The van der Waals surface area contributed by atoms with Crippen LogP contribution in [0.2, 0.25) is 0 Å². The molecule has 0 radical (unpaired) electrons. The summed E-state index contributed by atoms with van der Waals surface area (Å²) in [6.07, 6.45) is 3.10. The van der Waals surface area contributed by atoms with Crippen molar-refractivity contribution in [3.8, 4) is 11.3 Å². The van der Waals surface area contributed by atoms with Crippen molar-refractivity contribution >= 4 is 5.91 Å². The molecule has 0 saturated carbocycles. The third-order valence-electron chi connectivity index (χ3n) is 5.53. The van der Waals surface area contributed by atoms with Gasteiger partial charge in [-0.1, -0.05) is 47.6 Å². The number of aromatic nitrogens is 1. The van der Waals surface area contributed by atoms with E-state index in [1.54, 1.807) is 18.2 Å². The molecule has 1 fully saturated rings. The minimum atomic E-state index is -0.395. The van der Waals surface area contributed by atoms with Crippen LogP contribution in [0.1, 0.15) is 28.9 Å². The first-order chi connectivity index (χ1) is 14.7. The van der Waals surface area contributed by atoms with Gasteiger partial charge in [-0.25, -0.2) is 4.39 Å². The highest BCUT2D eigenvalue weighted by Crippen LogP contribution is 2.24. The number of carbonyl (C=O) groups is 1. The molecule has 0 atom stereocenters. The Kier molecular flexibility index (Phi) is 6.54. The number of benzene rings is 2. The van der Waals surface area contributed by atoms with E-state index in [1.165, 1.54) is 17.7 Å². The smallest absolute Gasteiger partial charge is 0.276 e. The molecular weight excluding hydrogens is 381 g/mol. The molecule has 1 amide bonds. The Morgan fingerprint density at radius 1 is 1.00 bits per heavy atom. The van der Waals surface area contributed by atoms with Gasteiger partial charge in [0, 0.05) is 25.7 Å². The number of hydrogen-bond donors (Lipinski definition) is 0. The fourth-order valence-corrected chi connectivity index (χ4v) is 3.88. The number of rotatable bonds is 6. The molecule has 0 bridgehead atoms. The molecule has 0 spiro atoms. The highest BCUT2D eigenvalue weighted by Gasteiger charge is 2.23. The lowest BCUT2D eigenvalue weighted by Gasteiger charge is -2.21. The van der Waals surface area contributed by atoms with Gasteiger partial charge >= 0.3 is 0 Å². The molecule has 4 rings (SSSR count). The summed E-state index contributed by atoms with van der Waals surface area (Å²) < 4.78 is 19.2. The molecule has 2 heterocycles. The van der Waals surface area contributed by atoms with E-state index < -0.39 is 5.82 Å². The zero-order valence-electron chi connectivity index (χ0n) is 17.0. The molecule has 156 valence electrons. The van der Waals surface area contributed by atoms with Crippen LogP contribution < -0.4 is 0 Å². The molecule has 1 aliphatic rings. The minimum absolute atomic E-state index is 0.160. The van der Waals surface area contributed by atoms with Gasteiger partial charge < -0.3 is 14.3 Å². The van der Waals surface area contributed by atoms with Crippen LogP contribution in [0.3, 0.4) is 0 Å². The van der Waals surface area contributed by atoms with Crippen LogP contribution in [0.4, 0.5) is 4.39 Å². The first kappa shape index (κ1) is 20.3. The number of nitrogens with zero attached hydrogens (tertiary/aromatic N) is 3. The van der Waals surface area contributed by atoms with Gasteiger partial charge in [0.15, 0.2) is 11.5 Å². The molecule has 5 nitrogen and oxygen atoms in total. The summed E-state index contributed by atoms with van der Waals surface area (Å²) in [5.74, 6) is -0.283. The molecule has 1 saturated heterocycles. The van der Waals surface area contributed by atoms with Crippen molar-refractivity contribution < 1.29 is 13.7 Å². The average Bonchev–Trinajstić information content (AvgIpc) is 3.14. The van der Waals surface area contributed by atoms with Crippen molar-refractivity contribution in [1.82, 2.24) is 15.0 Å². The summed E-state index contributed by atoms with van der Waals surface area (Å²) in [4.78, 5) is 17.1. The molecule has 30 heavy (non-hydrogen) atoms. The number of hydrogen-bond acceptors (Lipinski definition) is 4. The zero-order chi connectivity index (χ0) is 20.8. The van der Waals surface area contributed by atoms with Crippen molar-refractivity contribution in [3.05, 3.63) is 77.7 Å². The third-order valence-corrected chi connectivity index (χ3v) is 5.53. The zero-order valence-corrected chi connectivity index (χ0v) is 17.0. The van der Waals surface area contributed by atoms with Crippen LogP contribution in [-0.2, 0) is 6.42 Å². The van der Waals surface area contributed by atoms with E-state index >= 15 is 0 Å². The fraction of sp³-hybridized carbons (Fsp3) is 0.333. The molecule has 0 N–H and O–H groups in total. The van der Waals surface area contributed by atoms with Gasteiger partial charge in [-0.3, -0.25) is 4.79 Å². The lowest BCUT2D eigenvalue weighted by atomic mass is 10.1. The normalized spacial score (nSPS) is 15.2. The lowest BCUT2D eigenvalue weighted by molar-refractivity contribution is 0.0751. The van der Waals surface area contributed by atoms with Gasteiger partial charge in [-0.15, -0.1) is 0 Å². The Labute approximate surface area is 176 Å². The molecule has 6 heteroatoms. The Balaban J connectivity index is 1.31. The molecule has 1 aliphatic heterocycles. The number of halogens is 1. The summed E-state index contributed by atoms with van der Waals surface area (Å²) in [5.41, 5.74) is 1.90. The maximum absolute atomic E-state index is 14.0. The summed E-state index contributed by atoms with van der Waals surface area (Å²) in [7, 11) is 0. The predicted octanol–water partition coefficient (Wildman–Crippen LogP) is 4.26. The molecular formula is C24H26FN3O2. The molecule has 1 aromatic heterocycles. The Morgan fingerprint density at radius 2 is 1.80 bits per heavy atom. The van der Waals surface area contributed by atoms with Crippen LogP contribution in [0, 0.1) is 5.82 Å². The van der Waals surface area contributed by atoms with E-state index in [1.807, 2.05) is 11.0 Å². The summed E-state index contributed by atoms with van der Waals surface area (Å²) in [5, 5.41) is 3.90. The van der Waals surface area contributed by atoms with Crippen LogP contribution in [0.15, 0.2) is 65.2 Å². The van der Waals surface area contributed by atoms with E-state index in [-0.39, 0.29) is 17.4 Å². The van der Waals surface area contributed by atoms with Gasteiger partial charge in [0.1, 0.15) is 5.82 Å². The maximum Gasteiger partial charge on any atom is 0.276 e. The first-order valence-corrected chi connectivity index (χ1v) is 10.5. The van der Waals surface area contributed by atoms with Crippen molar-refractivity contribution in [2.45, 2.75) is 19.3 Å². The van der Waals surface area contributed by atoms with Crippen molar-refractivity contribution in [1.29, 1.82) is 0 Å². The van der Waals surface area contributed by atoms with Crippen molar-refractivity contribution in [2.24, 2.45) is 0 Å². The third kappa shape index (κ3) is 4.94. The molecule has 0 aliphatic carbocycles.